The number of amides is 1. The van der Waals surface area contributed by atoms with Crippen LogP contribution in [0.4, 0.5) is 10.4 Å². The number of benzene rings is 1. The van der Waals surface area contributed by atoms with Crippen LogP contribution in [0.25, 0.3) is 11.1 Å². The van der Waals surface area contributed by atoms with E-state index in [1.165, 1.54) is 18.2 Å². The summed E-state index contributed by atoms with van der Waals surface area (Å²) in [5, 5.41) is 0. The highest BCUT2D eigenvalue weighted by Gasteiger charge is 2.38. The summed E-state index contributed by atoms with van der Waals surface area (Å²) >= 11 is 0. The molecule has 0 unspecified atom stereocenters. The van der Waals surface area contributed by atoms with Gasteiger partial charge in [-0.15, -0.1) is 0 Å². The molecule has 3 rings (SSSR count). The minimum absolute atomic E-state index is 0.112. The highest BCUT2D eigenvalue weighted by Crippen LogP contribution is 2.29. The maximum atomic E-state index is 13.2. The zero-order valence-corrected chi connectivity index (χ0v) is 10.9. The number of nitrogens with zero attached hydrogens (tertiary/aromatic N) is 2. The van der Waals surface area contributed by atoms with Gasteiger partial charge in [-0.05, 0) is 12.1 Å². The Hall–Kier alpha value is -2.15. The number of rotatable bonds is 3. The first-order valence-corrected chi connectivity index (χ1v) is 6.23. The van der Waals surface area contributed by atoms with Crippen LogP contribution in [-0.4, -0.2) is 36.7 Å². The third-order valence-electron chi connectivity index (χ3n) is 3.51. The van der Waals surface area contributed by atoms with Gasteiger partial charge in [0.1, 0.15) is 17.4 Å². The fourth-order valence-electron chi connectivity index (χ4n) is 2.46. The first-order chi connectivity index (χ1) is 9.58. The predicted molar refractivity (Wildman–Crippen MR) is 69.7 cm³/mol. The quantitative estimate of drug-likeness (QED) is 0.908. The second-order valence-electron chi connectivity index (χ2n) is 4.77. The molecule has 0 bridgehead atoms. The summed E-state index contributed by atoms with van der Waals surface area (Å²) in [4.78, 5) is 17.4. The number of oxazole rings is 1. The third-order valence-corrected chi connectivity index (χ3v) is 3.51. The van der Waals surface area contributed by atoms with Crippen LogP contribution in [0, 0.1) is 5.82 Å². The molecular formula is C13H14FN3O3. The van der Waals surface area contributed by atoms with E-state index < -0.39 is 11.9 Å². The van der Waals surface area contributed by atoms with E-state index in [-0.39, 0.29) is 17.9 Å². The zero-order valence-electron chi connectivity index (χ0n) is 10.9. The number of carbonyl (C=O) groups is 1. The molecule has 2 heterocycles. The number of aromatic nitrogens is 1. The Bertz CT molecular complexity index is 657. The van der Waals surface area contributed by atoms with Gasteiger partial charge in [0.05, 0.1) is 6.10 Å². The molecule has 2 N–H and O–H groups in total. The smallest absolute Gasteiger partial charge is 0.299 e. The molecule has 20 heavy (non-hydrogen) atoms. The number of carbonyl (C=O) groups excluding carboxylic acids is 1. The fourth-order valence-corrected chi connectivity index (χ4v) is 2.46. The summed E-state index contributed by atoms with van der Waals surface area (Å²) in [5.74, 6) is -0.849. The van der Waals surface area contributed by atoms with Crippen LogP contribution < -0.4 is 10.6 Å². The first kappa shape index (κ1) is 12.9. The lowest BCUT2D eigenvalue weighted by molar-refractivity contribution is -0.119. The van der Waals surface area contributed by atoms with Crippen LogP contribution in [0.3, 0.4) is 0 Å². The third kappa shape index (κ3) is 2.09. The number of nitrogens with two attached hydrogens (primary N) is 1. The van der Waals surface area contributed by atoms with Gasteiger partial charge in [-0.3, -0.25) is 4.79 Å². The van der Waals surface area contributed by atoms with E-state index in [2.05, 4.69) is 4.98 Å². The summed E-state index contributed by atoms with van der Waals surface area (Å²) in [5.41, 5.74) is 6.27. The van der Waals surface area contributed by atoms with Crippen molar-refractivity contribution >= 4 is 23.0 Å². The second-order valence-corrected chi connectivity index (χ2v) is 4.77. The molecule has 1 aromatic heterocycles. The molecule has 1 fully saturated rings. The maximum Gasteiger partial charge on any atom is 0.299 e. The molecule has 1 amide bonds. The van der Waals surface area contributed by atoms with Crippen molar-refractivity contribution in [3.8, 4) is 0 Å². The molecule has 1 aliphatic rings. The van der Waals surface area contributed by atoms with Crippen molar-refractivity contribution in [3.63, 3.8) is 0 Å². The lowest BCUT2D eigenvalue weighted by Gasteiger charge is -2.19. The van der Waals surface area contributed by atoms with Crippen molar-refractivity contribution in [2.45, 2.75) is 18.6 Å². The Morgan fingerprint density at radius 3 is 3.10 bits per heavy atom. The molecule has 0 radical (unpaired) electrons. The normalized spacial score (nSPS) is 22.6. The molecule has 7 heteroatoms. The summed E-state index contributed by atoms with van der Waals surface area (Å²) in [7, 11) is 1.58. The van der Waals surface area contributed by atoms with Gasteiger partial charge in [0.2, 0.25) is 5.91 Å². The number of fused-ring (bicyclic) bond motifs is 1. The fraction of sp³-hybridized carbons (Fsp3) is 0.385. The van der Waals surface area contributed by atoms with Gasteiger partial charge >= 0.3 is 0 Å². The van der Waals surface area contributed by atoms with Crippen LogP contribution in [0.5, 0.6) is 0 Å². The van der Waals surface area contributed by atoms with Crippen molar-refractivity contribution in [1.29, 1.82) is 0 Å². The molecule has 1 aliphatic heterocycles. The molecule has 0 spiro atoms. The molecule has 106 valence electrons. The van der Waals surface area contributed by atoms with Crippen LogP contribution >= 0.6 is 0 Å². The van der Waals surface area contributed by atoms with E-state index in [1.54, 1.807) is 12.0 Å². The number of primary amides is 1. The number of hydrogen-bond acceptors (Lipinski definition) is 5. The van der Waals surface area contributed by atoms with Gasteiger partial charge in [0.15, 0.2) is 5.58 Å². The van der Waals surface area contributed by atoms with Gasteiger partial charge in [-0.1, -0.05) is 0 Å². The van der Waals surface area contributed by atoms with Crippen LogP contribution in [0.2, 0.25) is 0 Å². The number of methoxy groups -OCH3 is 1. The SMILES string of the molecule is CO[C@H]1C[C@@H](C(N)=O)N(c2nc3cc(F)ccc3o2)C1. The van der Waals surface area contributed by atoms with Crippen molar-refractivity contribution < 1.29 is 18.3 Å². The molecule has 6 nitrogen and oxygen atoms in total. The Morgan fingerprint density at radius 2 is 2.40 bits per heavy atom. The largest absolute Gasteiger partial charge is 0.423 e. The summed E-state index contributed by atoms with van der Waals surface area (Å²) in [6.07, 6.45) is 0.373. The average Bonchev–Trinajstić information content (AvgIpc) is 3.00. The summed E-state index contributed by atoms with van der Waals surface area (Å²) in [6, 6.07) is 3.81. The Balaban J connectivity index is 1.98. The van der Waals surface area contributed by atoms with Crippen molar-refractivity contribution in [3.05, 3.63) is 24.0 Å². The standard InChI is InChI=1S/C13H14FN3O3/c1-19-8-5-10(12(15)18)17(6-8)13-16-9-4-7(14)2-3-11(9)20-13/h2-4,8,10H,5-6H2,1H3,(H2,15,18)/t8-,10-/m0/s1. The predicted octanol–water partition coefficient (Wildman–Crippen LogP) is 1.05. The lowest BCUT2D eigenvalue weighted by atomic mass is 10.2. The Kier molecular flexibility index (Phi) is 3.06. The molecule has 0 saturated carbocycles. The van der Waals surface area contributed by atoms with Crippen LogP contribution in [0.1, 0.15) is 6.42 Å². The van der Waals surface area contributed by atoms with Gasteiger partial charge in [0.25, 0.3) is 6.01 Å². The maximum absolute atomic E-state index is 13.2. The highest BCUT2D eigenvalue weighted by molar-refractivity contribution is 5.84. The summed E-state index contributed by atoms with van der Waals surface area (Å²) in [6.45, 7) is 0.458. The molecular weight excluding hydrogens is 265 g/mol. The molecule has 2 aromatic rings. The monoisotopic (exact) mass is 279 g/mol. The average molecular weight is 279 g/mol. The first-order valence-electron chi connectivity index (χ1n) is 6.23. The second kappa shape index (κ2) is 4.75. The summed E-state index contributed by atoms with van der Waals surface area (Å²) < 4.78 is 24.0. The van der Waals surface area contributed by atoms with E-state index in [1.807, 2.05) is 0 Å². The number of hydrogen-bond donors (Lipinski definition) is 1. The van der Waals surface area contributed by atoms with Gasteiger partial charge in [0, 0.05) is 26.1 Å². The van der Waals surface area contributed by atoms with Gasteiger partial charge in [-0.25, -0.2) is 4.39 Å². The molecule has 1 aromatic carbocycles. The molecule has 0 aliphatic carbocycles. The molecule has 2 atom stereocenters. The number of halogens is 1. The van der Waals surface area contributed by atoms with E-state index in [9.17, 15) is 9.18 Å². The highest BCUT2D eigenvalue weighted by atomic mass is 19.1. The van der Waals surface area contributed by atoms with Crippen LogP contribution in [0.15, 0.2) is 22.6 Å². The molecule has 1 saturated heterocycles. The van der Waals surface area contributed by atoms with Crippen molar-refractivity contribution in [2.24, 2.45) is 5.73 Å². The van der Waals surface area contributed by atoms with Crippen LogP contribution in [-0.2, 0) is 9.53 Å². The minimum atomic E-state index is -0.530. The minimum Gasteiger partial charge on any atom is -0.423 e. The van der Waals surface area contributed by atoms with Crippen molar-refractivity contribution in [1.82, 2.24) is 4.98 Å². The van der Waals surface area contributed by atoms with Crippen molar-refractivity contribution in [2.75, 3.05) is 18.6 Å². The Labute approximate surface area is 114 Å². The van der Waals surface area contributed by atoms with E-state index in [0.29, 0.717) is 24.1 Å². The van der Waals surface area contributed by atoms with E-state index in [0.717, 1.165) is 0 Å². The van der Waals surface area contributed by atoms with E-state index in [4.69, 9.17) is 14.9 Å². The van der Waals surface area contributed by atoms with Gasteiger partial charge in [-0.2, -0.15) is 4.98 Å². The number of anilines is 1. The Morgan fingerprint density at radius 1 is 1.60 bits per heavy atom. The number of ether oxygens (including phenoxy) is 1. The van der Waals surface area contributed by atoms with E-state index >= 15 is 0 Å². The zero-order chi connectivity index (χ0) is 14.3. The lowest BCUT2D eigenvalue weighted by Crippen LogP contribution is -2.40. The van der Waals surface area contributed by atoms with Gasteiger partial charge < -0.3 is 19.8 Å². The topological polar surface area (TPSA) is 81.6 Å².